The molecule has 220 valence electrons. The number of aryl methyl sites for hydroxylation is 1. The maximum Gasteiger partial charge on any atom is 0.244 e. The zero-order valence-electron chi connectivity index (χ0n) is 24.5. The molecule has 0 aliphatic carbocycles. The van der Waals surface area contributed by atoms with Gasteiger partial charge in [-0.3, -0.25) is 13.9 Å². The van der Waals surface area contributed by atoms with Crippen molar-refractivity contribution >= 4 is 27.5 Å². The number of hydrogen-bond acceptors (Lipinski definition) is 5. The molecule has 0 aliphatic heterocycles. The van der Waals surface area contributed by atoms with E-state index < -0.39 is 28.5 Å². The number of para-hydroxylation sites is 1. The lowest BCUT2D eigenvalue weighted by molar-refractivity contribution is -0.140. The number of hydrogen-bond donors (Lipinski definition) is 1. The topological polar surface area (TPSA) is 96.0 Å². The Bertz CT molecular complexity index is 1410. The monoisotopic (exact) mass is 579 g/mol. The Hall–Kier alpha value is -3.85. The number of anilines is 1. The van der Waals surface area contributed by atoms with Crippen molar-refractivity contribution in [1.82, 2.24) is 10.2 Å². The van der Waals surface area contributed by atoms with Crippen LogP contribution in [0.2, 0.25) is 0 Å². The fraction of sp³-hybridized carbons (Fsp3) is 0.375. The van der Waals surface area contributed by atoms with Crippen LogP contribution < -0.4 is 14.4 Å². The highest BCUT2D eigenvalue weighted by molar-refractivity contribution is 7.92. The molecule has 1 N–H and O–H groups in total. The first-order valence-electron chi connectivity index (χ1n) is 13.9. The number of nitrogens with zero attached hydrogens (tertiary/aromatic N) is 2. The van der Waals surface area contributed by atoms with E-state index in [9.17, 15) is 18.0 Å². The van der Waals surface area contributed by atoms with Crippen LogP contribution in [-0.4, -0.2) is 57.1 Å². The molecule has 9 heteroatoms. The highest BCUT2D eigenvalue weighted by atomic mass is 32.2. The summed E-state index contributed by atoms with van der Waals surface area (Å²) in [5.74, 6) is -0.156. The van der Waals surface area contributed by atoms with Crippen LogP contribution in [0.25, 0.3) is 0 Å². The number of amides is 2. The van der Waals surface area contributed by atoms with Crippen LogP contribution in [0.15, 0.2) is 78.9 Å². The first kappa shape index (κ1) is 31.7. The molecule has 0 radical (unpaired) electrons. The highest BCUT2D eigenvalue weighted by Crippen LogP contribution is 2.25. The van der Waals surface area contributed by atoms with E-state index in [0.29, 0.717) is 17.9 Å². The average Bonchev–Trinajstić information content (AvgIpc) is 2.97. The molecule has 0 unspecified atom stereocenters. The molecule has 0 aromatic heterocycles. The van der Waals surface area contributed by atoms with Crippen LogP contribution >= 0.6 is 0 Å². The summed E-state index contributed by atoms with van der Waals surface area (Å²) in [5, 5.41) is 3.04. The Labute approximate surface area is 244 Å². The second-order valence-corrected chi connectivity index (χ2v) is 12.1. The van der Waals surface area contributed by atoms with E-state index in [2.05, 4.69) is 5.32 Å². The fourth-order valence-corrected chi connectivity index (χ4v) is 5.49. The summed E-state index contributed by atoms with van der Waals surface area (Å²) >= 11 is 0. The van der Waals surface area contributed by atoms with Crippen LogP contribution in [0, 0.1) is 0 Å². The van der Waals surface area contributed by atoms with E-state index in [1.165, 1.54) is 4.90 Å². The summed E-state index contributed by atoms with van der Waals surface area (Å²) in [4.78, 5) is 29.5. The summed E-state index contributed by atoms with van der Waals surface area (Å²) in [6, 6.07) is 23.0. The Balaban J connectivity index is 2.09. The van der Waals surface area contributed by atoms with Crippen LogP contribution in [0.1, 0.15) is 43.9 Å². The van der Waals surface area contributed by atoms with E-state index in [1.807, 2.05) is 81.4 Å². The van der Waals surface area contributed by atoms with Gasteiger partial charge in [-0.05, 0) is 54.7 Å². The van der Waals surface area contributed by atoms with E-state index >= 15 is 0 Å². The molecular weight excluding hydrogens is 538 g/mol. The van der Waals surface area contributed by atoms with Gasteiger partial charge in [0.1, 0.15) is 18.3 Å². The molecule has 0 heterocycles. The highest BCUT2D eigenvalue weighted by Gasteiger charge is 2.33. The van der Waals surface area contributed by atoms with Gasteiger partial charge in [-0.15, -0.1) is 0 Å². The minimum absolute atomic E-state index is 0.0918. The van der Waals surface area contributed by atoms with Crippen molar-refractivity contribution < 1.29 is 22.7 Å². The van der Waals surface area contributed by atoms with E-state index in [-0.39, 0.29) is 24.9 Å². The molecule has 3 aromatic carbocycles. The SMILES string of the molecule is CCc1ccccc1N(CC(=O)N(Cc1cccc(OC)c1)[C@@H](Cc1ccccc1)C(=O)N[C@@H](C)CC)S(C)(=O)=O. The first-order chi connectivity index (χ1) is 19.6. The fourth-order valence-electron chi connectivity index (χ4n) is 4.61. The lowest BCUT2D eigenvalue weighted by atomic mass is 10.0. The minimum Gasteiger partial charge on any atom is -0.497 e. The predicted molar refractivity (Wildman–Crippen MR) is 163 cm³/mol. The molecule has 8 nitrogen and oxygen atoms in total. The largest absolute Gasteiger partial charge is 0.497 e. The van der Waals surface area contributed by atoms with Gasteiger partial charge in [0.15, 0.2) is 0 Å². The van der Waals surface area contributed by atoms with Gasteiger partial charge in [-0.25, -0.2) is 8.42 Å². The van der Waals surface area contributed by atoms with Crippen LogP contribution in [0.3, 0.4) is 0 Å². The Morgan fingerprint density at radius 1 is 0.927 bits per heavy atom. The van der Waals surface area contributed by atoms with Crippen molar-refractivity contribution in [2.75, 3.05) is 24.2 Å². The first-order valence-corrected chi connectivity index (χ1v) is 15.7. The number of sulfonamides is 1. The van der Waals surface area contributed by atoms with Gasteiger partial charge in [-0.2, -0.15) is 0 Å². The third-order valence-corrected chi connectivity index (χ3v) is 8.21. The van der Waals surface area contributed by atoms with Gasteiger partial charge < -0.3 is 15.0 Å². The second-order valence-electron chi connectivity index (χ2n) is 10.1. The van der Waals surface area contributed by atoms with E-state index in [0.717, 1.165) is 33.7 Å². The van der Waals surface area contributed by atoms with Crippen molar-refractivity contribution in [3.8, 4) is 5.75 Å². The van der Waals surface area contributed by atoms with Crippen molar-refractivity contribution in [3.63, 3.8) is 0 Å². The number of carbonyl (C=O) groups is 2. The summed E-state index contributed by atoms with van der Waals surface area (Å²) < 4.78 is 32.6. The minimum atomic E-state index is -3.83. The summed E-state index contributed by atoms with van der Waals surface area (Å²) in [5.41, 5.74) is 2.90. The maximum absolute atomic E-state index is 14.2. The molecule has 0 spiro atoms. The molecule has 3 rings (SSSR count). The second kappa shape index (κ2) is 14.7. The Morgan fingerprint density at radius 3 is 2.22 bits per heavy atom. The third kappa shape index (κ3) is 8.82. The normalized spacial score (nSPS) is 12.7. The van der Waals surface area contributed by atoms with E-state index in [4.69, 9.17) is 4.74 Å². The standard InChI is InChI=1S/C32H41N3O5S/c1-6-24(3)33-32(37)30(21-25-14-9-8-10-15-25)34(22-26-16-13-18-28(20-26)40-4)31(36)23-35(41(5,38)39)29-19-12-11-17-27(29)7-2/h8-20,24,30H,6-7,21-23H2,1-5H3,(H,33,37)/t24-,30-/m0/s1. The van der Waals surface area contributed by atoms with Gasteiger partial charge in [0.2, 0.25) is 21.8 Å². The van der Waals surface area contributed by atoms with Crippen molar-refractivity contribution in [1.29, 1.82) is 0 Å². The van der Waals surface area contributed by atoms with Gasteiger partial charge >= 0.3 is 0 Å². The number of rotatable bonds is 14. The van der Waals surface area contributed by atoms with Crippen LogP contribution in [0.5, 0.6) is 5.75 Å². The zero-order chi connectivity index (χ0) is 30.0. The lowest BCUT2D eigenvalue weighted by Gasteiger charge is -2.34. The number of ether oxygens (including phenoxy) is 1. The molecular formula is C32H41N3O5S. The van der Waals surface area contributed by atoms with Crippen molar-refractivity contribution in [2.45, 2.75) is 58.7 Å². The van der Waals surface area contributed by atoms with E-state index in [1.54, 1.807) is 25.3 Å². The van der Waals surface area contributed by atoms with Crippen molar-refractivity contribution in [3.05, 3.63) is 95.6 Å². The third-order valence-electron chi connectivity index (χ3n) is 7.08. The summed E-state index contributed by atoms with van der Waals surface area (Å²) in [7, 11) is -2.26. The molecule has 0 saturated carbocycles. The van der Waals surface area contributed by atoms with Crippen LogP contribution in [0.4, 0.5) is 5.69 Å². The summed E-state index contributed by atoms with van der Waals surface area (Å²) in [6.07, 6.45) is 2.68. The maximum atomic E-state index is 14.2. The Kier molecular flexibility index (Phi) is 11.3. The molecule has 0 bridgehead atoms. The van der Waals surface area contributed by atoms with Gasteiger partial charge in [0, 0.05) is 19.0 Å². The average molecular weight is 580 g/mol. The predicted octanol–water partition coefficient (Wildman–Crippen LogP) is 4.58. The molecule has 41 heavy (non-hydrogen) atoms. The number of methoxy groups -OCH3 is 1. The molecule has 0 saturated heterocycles. The smallest absolute Gasteiger partial charge is 0.244 e. The van der Waals surface area contributed by atoms with Crippen LogP contribution in [-0.2, 0) is 39.0 Å². The van der Waals surface area contributed by atoms with Crippen molar-refractivity contribution in [2.24, 2.45) is 0 Å². The lowest BCUT2D eigenvalue weighted by Crippen LogP contribution is -2.54. The van der Waals surface area contributed by atoms with Gasteiger partial charge in [0.05, 0.1) is 19.1 Å². The molecule has 2 atom stereocenters. The molecule has 3 aromatic rings. The number of benzene rings is 3. The van der Waals surface area contributed by atoms with Gasteiger partial charge in [0.25, 0.3) is 0 Å². The van der Waals surface area contributed by atoms with Gasteiger partial charge in [-0.1, -0.05) is 74.5 Å². The zero-order valence-corrected chi connectivity index (χ0v) is 25.4. The molecule has 0 aliphatic rings. The molecule has 2 amide bonds. The Morgan fingerprint density at radius 2 is 1.59 bits per heavy atom. The number of nitrogens with one attached hydrogen (secondary N) is 1. The number of carbonyl (C=O) groups excluding carboxylic acids is 2. The molecule has 0 fully saturated rings. The quantitative estimate of drug-likeness (QED) is 0.302. The summed E-state index contributed by atoms with van der Waals surface area (Å²) in [6.45, 7) is 5.48.